The molecule has 2 heteroatoms. The molecule has 3 atom stereocenters. The Morgan fingerprint density at radius 3 is 2.41 bits per heavy atom. The topological polar surface area (TPSA) is 32.3 Å². The zero-order valence-electron chi connectivity index (χ0n) is 11.2. The van der Waals surface area contributed by atoms with E-state index in [1.54, 1.807) is 0 Å². The van der Waals surface area contributed by atoms with E-state index in [0.717, 1.165) is 19.4 Å². The Bertz CT molecular complexity index is 299. The Morgan fingerprint density at radius 1 is 1.18 bits per heavy atom. The lowest BCUT2D eigenvalue weighted by Crippen LogP contribution is -2.33. The van der Waals surface area contributed by atoms with E-state index in [1.807, 2.05) is 13.0 Å². The molecule has 0 heterocycles. The Morgan fingerprint density at radius 2 is 1.82 bits per heavy atom. The van der Waals surface area contributed by atoms with Crippen molar-refractivity contribution in [1.29, 1.82) is 0 Å². The van der Waals surface area contributed by atoms with Crippen molar-refractivity contribution in [2.45, 2.75) is 51.7 Å². The molecule has 2 N–H and O–H groups in total. The van der Waals surface area contributed by atoms with Crippen LogP contribution in [-0.4, -0.2) is 23.8 Å². The monoisotopic (exact) mass is 235 g/mol. The van der Waals surface area contributed by atoms with Crippen LogP contribution in [0.2, 0.25) is 0 Å². The fourth-order valence-corrected chi connectivity index (χ4v) is 1.90. The molecule has 1 aromatic carbocycles. The highest BCUT2D eigenvalue weighted by atomic mass is 16.3. The van der Waals surface area contributed by atoms with Crippen LogP contribution in [0.25, 0.3) is 0 Å². The third kappa shape index (κ3) is 4.88. The average molecular weight is 235 g/mol. The summed E-state index contributed by atoms with van der Waals surface area (Å²) in [5.74, 6) is 0.495. The van der Waals surface area contributed by atoms with E-state index in [4.69, 9.17) is 0 Å². The first kappa shape index (κ1) is 14.2. The maximum atomic E-state index is 9.49. The number of hydrogen-bond donors (Lipinski definition) is 2. The molecular formula is C15H25NO. The van der Waals surface area contributed by atoms with Gasteiger partial charge in [0.05, 0.1) is 6.10 Å². The summed E-state index contributed by atoms with van der Waals surface area (Å²) < 4.78 is 0. The SMILES string of the molecule is CCC(O)CCNC(C)C(C)c1ccccc1. The van der Waals surface area contributed by atoms with Gasteiger partial charge in [-0.1, -0.05) is 44.2 Å². The molecule has 0 aliphatic heterocycles. The minimum Gasteiger partial charge on any atom is -0.393 e. The summed E-state index contributed by atoms with van der Waals surface area (Å²) in [7, 11) is 0. The van der Waals surface area contributed by atoms with Crippen molar-refractivity contribution in [2.75, 3.05) is 6.54 Å². The molecule has 1 rings (SSSR count). The van der Waals surface area contributed by atoms with Gasteiger partial charge >= 0.3 is 0 Å². The highest BCUT2D eigenvalue weighted by Gasteiger charge is 2.13. The van der Waals surface area contributed by atoms with E-state index in [2.05, 4.69) is 43.4 Å². The Balaban J connectivity index is 2.35. The molecule has 96 valence electrons. The van der Waals surface area contributed by atoms with Gasteiger partial charge in [0.15, 0.2) is 0 Å². The van der Waals surface area contributed by atoms with Crippen LogP contribution in [0, 0.1) is 0 Å². The van der Waals surface area contributed by atoms with E-state index in [-0.39, 0.29) is 6.10 Å². The summed E-state index contributed by atoms with van der Waals surface area (Å²) in [5, 5.41) is 13.0. The van der Waals surface area contributed by atoms with Crippen molar-refractivity contribution < 1.29 is 5.11 Å². The second-order valence-electron chi connectivity index (χ2n) is 4.79. The minimum atomic E-state index is -0.165. The van der Waals surface area contributed by atoms with Crippen LogP contribution < -0.4 is 5.32 Å². The molecule has 0 aromatic heterocycles. The maximum Gasteiger partial charge on any atom is 0.0549 e. The summed E-state index contributed by atoms with van der Waals surface area (Å²) in [6.45, 7) is 7.34. The number of benzene rings is 1. The van der Waals surface area contributed by atoms with Crippen LogP contribution in [0.4, 0.5) is 0 Å². The van der Waals surface area contributed by atoms with Gasteiger partial charge in [0.1, 0.15) is 0 Å². The van der Waals surface area contributed by atoms with E-state index in [0.29, 0.717) is 12.0 Å². The van der Waals surface area contributed by atoms with Crippen LogP contribution in [0.3, 0.4) is 0 Å². The van der Waals surface area contributed by atoms with Crippen molar-refractivity contribution in [3.63, 3.8) is 0 Å². The molecule has 0 aliphatic rings. The second-order valence-corrected chi connectivity index (χ2v) is 4.79. The third-order valence-electron chi connectivity index (χ3n) is 3.49. The first-order chi connectivity index (χ1) is 8.15. The predicted octanol–water partition coefficient (Wildman–Crippen LogP) is 2.93. The van der Waals surface area contributed by atoms with Gasteiger partial charge < -0.3 is 10.4 Å². The lowest BCUT2D eigenvalue weighted by atomic mass is 9.94. The summed E-state index contributed by atoms with van der Waals surface area (Å²) in [5.41, 5.74) is 1.36. The highest BCUT2D eigenvalue weighted by molar-refractivity contribution is 5.20. The molecule has 2 nitrogen and oxygen atoms in total. The van der Waals surface area contributed by atoms with Gasteiger partial charge in [0.25, 0.3) is 0 Å². The van der Waals surface area contributed by atoms with Gasteiger partial charge in [-0.2, -0.15) is 0 Å². The lowest BCUT2D eigenvalue weighted by Gasteiger charge is -2.22. The Hall–Kier alpha value is -0.860. The van der Waals surface area contributed by atoms with E-state index < -0.39 is 0 Å². The van der Waals surface area contributed by atoms with Gasteiger partial charge in [-0.15, -0.1) is 0 Å². The van der Waals surface area contributed by atoms with E-state index in [9.17, 15) is 5.11 Å². The van der Waals surface area contributed by atoms with Crippen LogP contribution in [0.15, 0.2) is 30.3 Å². The first-order valence-corrected chi connectivity index (χ1v) is 6.61. The van der Waals surface area contributed by atoms with Gasteiger partial charge in [-0.3, -0.25) is 0 Å². The fraction of sp³-hybridized carbons (Fsp3) is 0.600. The van der Waals surface area contributed by atoms with Gasteiger partial charge in [0.2, 0.25) is 0 Å². The summed E-state index contributed by atoms with van der Waals surface area (Å²) >= 11 is 0. The van der Waals surface area contributed by atoms with Crippen molar-refractivity contribution in [1.82, 2.24) is 5.32 Å². The van der Waals surface area contributed by atoms with Crippen molar-refractivity contribution in [2.24, 2.45) is 0 Å². The van der Waals surface area contributed by atoms with Gasteiger partial charge in [-0.05, 0) is 37.8 Å². The predicted molar refractivity (Wildman–Crippen MR) is 73.2 cm³/mol. The van der Waals surface area contributed by atoms with Crippen LogP contribution in [0.1, 0.15) is 45.1 Å². The summed E-state index contributed by atoms with van der Waals surface area (Å²) in [6, 6.07) is 11.0. The van der Waals surface area contributed by atoms with Crippen LogP contribution >= 0.6 is 0 Å². The quantitative estimate of drug-likeness (QED) is 0.761. The van der Waals surface area contributed by atoms with Crippen LogP contribution in [-0.2, 0) is 0 Å². The largest absolute Gasteiger partial charge is 0.393 e. The maximum absolute atomic E-state index is 9.49. The van der Waals surface area contributed by atoms with Crippen molar-refractivity contribution in [3.8, 4) is 0 Å². The summed E-state index contributed by atoms with van der Waals surface area (Å²) in [4.78, 5) is 0. The minimum absolute atomic E-state index is 0.165. The molecule has 0 bridgehead atoms. The number of nitrogens with one attached hydrogen (secondary N) is 1. The van der Waals surface area contributed by atoms with E-state index >= 15 is 0 Å². The Labute approximate surface area is 105 Å². The van der Waals surface area contributed by atoms with Gasteiger partial charge in [0, 0.05) is 6.04 Å². The molecule has 0 radical (unpaired) electrons. The number of aliphatic hydroxyl groups excluding tert-OH is 1. The van der Waals surface area contributed by atoms with Crippen molar-refractivity contribution in [3.05, 3.63) is 35.9 Å². The average Bonchev–Trinajstić information content (AvgIpc) is 2.38. The smallest absolute Gasteiger partial charge is 0.0549 e. The Kier molecular flexibility index (Phi) is 6.23. The molecule has 0 saturated carbocycles. The van der Waals surface area contributed by atoms with Crippen molar-refractivity contribution >= 4 is 0 Å². The second kappa shape index (κ2) is 7.46. The molecule has 0 amide bonds. The zero-order valence-corrected chi connectivity index (χ0v) is 11.2. The summed E-state index contributed by atoms with van der Waals surface area (Å²) in [6.07, 6.45) is 1.51. The lowest BCUT2D eigenvalue weighted by molar-refractivity contribution is 0.158. The fourth-order valence-electron chi connectivity index (χ4n) is 1.90. The zero-order chi connectivity index (χ0) is 12.7. The standard InChI is InChI=1S/C15H25NO/c1-4-15(17)10-11-16-13(3)12(2)14-8-6-5-7-9-14/h5-9,12-13,15-17H,4,10-11H2,1-3H3. The van der Waals surface area contributed by atoms with Gasteiger partial charge in [-0.25, -0.2) is 0 Å². The normalized spacial score (nSPS) is 16.5. The molecule has 0 fully saturated rings. The molecule has 1 aromatic rings. The molecule has 0 aliphatic carbocycles. The first-order valence-electron chi connectivity index (χ1n) is 6.61. The molecule has 3 unspecified atom stereocenters. The third-order valence-corrected chi connectivity index (χ3v) is 3.49. The molecule has 0 spiro atoms. The number of hydrogen-bond acceptors (Lipinski definition) is 2. The van der Waals surface area contributed by atoms with E-state index in [1.165, 1.54) is 5.56 Å². The molecule has 17 heavy (non-hydrogen) atoms. The van der Waals surface area contributed by atoms with Crippen LogP contribution in [0.5, 0.6) is 0 Å². The molecule has 0 saturated heterocycles. The molecular weight excluding hydrogens is 210 g/mol. The highest BCUT2D eigenvalue weighted by Crippen LogP contribution is 2.18. The number of aliphatic hydroxyl groups is 1. The number of rotatable bonds is 7.